The third-order valence-corrected chi connectivity index (χ3v) is 1.10. The van der Waals surface area contributed by atoms with E-state index in [-0.39, 0.29) is 0 Å². The van der Waals surface area contributed by atoms with Crippen LogP contribution in [0.5, 0.6) is 0 Å². The summed E-state index contributed by atoms with van der Waals surface area (Å²) in [6, 6.07) is 0. The first-order valence-electron chi connectivity index (χ1n) is 1.04. The zero-order valence-corrected chi connectivity index (χ0v) is 5.82. The van der Waals surface area contributed by atoms with Crippen molar-refractivity contribution in [2.75, 3.05) is 0 Å². The molecule has 5 heteroatoms. The molecule has 0 saturated carbocycles. The molecule has 1 nitrogen and oxygen atoms in total. The average molecular weight is 163 g/mol. The fraction of sp³-hybridized carbons (Fsp3) is 1.00. The summed E-state index contributed by atoms with van der Waals surface area (Å²) in [6.45, 7) is 0. The average Bonchev–Trinajstić information content (AvgIpc) is 1.35. The standard InChI is InChI=1S/CHCl2OPS/c2-1(3)4-5-6/h1H. The van der Waals surface area contributed by atoms with E-state index in [0.29, 0.717) is 7.58 Å². The Hall–Kier alpha value is 1.06. The van der Waals surface area contributed by atoms with Crippen LogP contribution in [0.4, 0.5) is 0 Å². The fourth-order valence-corrected chi connectivity index (χ4v) is 0.878. The molecule has 0 radical (unpaired) electrons. The van der Waals surface area contributed by atoms with Gasteiger partial charge in [-0.2, -0.15) is 0 Å². The van der Waals surface area contributed by atoms with E-state index < -0.39 is 5.02 Å². The molecule has 0 rings (SSSR count). The molecule has 0 amide bonds. The largest absolute Gasteiger partial charge is 0.282 e. The van der Waals surface area contributed by atoms with E-state index in [1.807, 2.05) is 0 Å². The minimum absolute atomic E-state index is 0.343. The molecule has 0 unspecified atom stereocenters. The van der Waals surface area contributed by atoms with Gasteiger partial charge in [-0.15, -0.1) is 0 Å². The third-order valence-electron chi connectivity index (χ3n) is 0.123. The van der Waals surface area contributed by atoms with Gasteiger partial charge in [0.25, 0.3) is 0 Å². The van der Waals surface area contributed by atoms with Crippen LogP contribution in [0.1, 0.15) is 0 Å². The number of hydrogen-bond acceptors (Lipinski definition) is 2. The molecule has 0 spiro atoms. The second kappa shape index (κ2) is 4.23. The van der Waals surface area contributed by atoms with E-state index in [4.69, 9.17) is 23.2 Å². The molecule has 0 aliphatic rings. The van der Waals surface area contributed by atoms with Crippen LogP contribution in [0.25, 0.3) is 0 Å². The number of rotatable bonds is 2. The highest BCUT2D eigenvalue weighted by atomic mass is 35.5. The Morgan fingerprint density at radius 3 is 2.17 bits per heavy atom. The maximum atomic E-state index is 5.05. The molecule has 0 aliphatic carbocycles. The Labute approximate surface area is 52.5 Å². The molecule has 0 atom stereocenters. The van der Waals surface area contributed by atoms with Crippen molar-refractivity contribution in [3.05, 3.63) is 0 Å². The number of hydrogen-bond donors (Lipinski definition) is 0. The smallest absolute Gasteiger partial charge is 0.216 e. The lowest BCUT2D eigenvalue weighted by Crippen LogP contribution is -1.78. The second-order valence-electron chi connectivity index (χ2n) is 0.441. The van der Waals surface area contributed by atoms with E-state index in [0.717, 1.165) is 0 Å². The SMILES string of the molecule is S=POC(Cl)Cl. The summed E-state index contributed by atoms with van der Waals surface area (Å²) in [4.78, 5) is 0. The first kappa shape index (κ1) is 7.06. The summed E-state index contributed by atoms with van der Waals surface area (Å²) in [5.74, 6) is 0. The molecule has 0 aliphatic heterocycles. The zero-order chi connectivity index (χ0) is 4.99. The van der Waals surface area contributed by atoms with Crippen molar-refractivity contribution >= 4 is 42.6 Å². The Kier molecular flexibility index (Phi) is 4.97. The molecular formula is CHCl2OPS. The van der Waals surface area contributed by atoms with Gasteiger partial charge in [-0.1, -0.05) is 23.2 Å². The van der Waals surface area contributed by atoms with Gasteiger partial charge >= 0.3 is 0 Å². The molecule has 0 aromatic rings. The van der Waals surface area contributed by atoms with Crippen LogP contribution >= 0.6 is 30.8 Å². The number of halogens is 2. The van der Waals surface area contributed by atoms with Crippen LogP contribution < -0.4 is 0 Å². The first-order chi connectivity index (χ1) is 2.77. The Bertz CT molecular complexity index is 48.8. The maximum Gasteiger partial charge on any atom is 0.216 e. The zero-order valence-electron chi connectivity index (χ0n) is 2.60. The lowest BCUT2D eigenvalue weighted by molar-refractivity contribution is 0.416. The predicted molar refractivity (Wildman–Crippen MR) is 30.9 cm³/mol. The highest BCUT2D eigenvalue weighted by Crippen LogP contribution is 2.09. The Balaban J connectivity index is 2.81. The fourth-order valence-electron chi connectivity index (χ4n) is 0.0325. The topological polar surface area (TPSA) is 9.23 Å². The monoisotopic (exact) mass is 162 g/mol. The van der Waals surface area contributed by atoms with Crippen LogP contribution in [0.2, 0.25) is 0 Å². The van der Waals surface area contributed by atoms with Crippen molar-refractivity contribution in [2.24, 2.45) is 0 Å². The first-order valence-corrected chi connectivity index (χ1v) is 3.74. The van der Waals surface area contributed by atoms with Gasteiger partial charge in [0, 0.05) is 0 Å². The summed E-state index contributed by atoms with van der Waals surface area (Å²) in [5, 5.41) is -0.774. The quantitative estimate of drug-likeness (QED) is 0.455. The van der Waals surface area contributed by atoms with Crippen LogP contribution in [0.15, 0.2) is 0 Å². The number of alkyl halides is 2. The highest BCUT2D eigenvalue weighted by molar-refractivity contribution is 7.94. The molecule has 6 heavy (non-hydrogen) atoms. The third kappa shape index (κ3) is 5.06. The molecule has 0 aromatic carbocycles. The molecule has 0 aromatic heterocycles. The van der Waals surface area contributed by atoms with Gasteiger partial charge in [0.2, 0.25) is 5.02 Å². The predicted octanol–water partition coefficient (Wildman–Crippen LogP) is 2.09. The van der Waals surface area contributed by atoms with Gasteiger partial charge in [-0.05, 0) is 11.8 Å². The lowest BCUT2D eigenvalue weighted by Gasteiger charge is -1.87. The van der Waals surface area contributed by atoms with Crippen molar-refractivity contribution < 1.29 is 4.52 Å². The molecule has 0 heterocycles. The van der Waals surface area contributed by atoms with Gasteiger partial charge in [-0.25, -0.2) is 0 Å². The van der Waals surface area contributed by atoms with E-state index in [1.165, 1.54) is 0 Å². The Morgan fingerprint density at radius 2 is 2.17 bits per heavy atom. The van der Waals surface area contributed by atoms with Gasteiger partial charge in [0.15, 0.2) is 0 Å². The summed E-state index contributed by atoms with van der Waals surface area (Å²) >= 11 is 14.4. The van der Waals surface area contributed by atoms with Crippen molar-refractivity contribution in [2.45, 2.75) is 5.02 Å². The minimum atomic E-state index is -0.774. The summed E-state index contributed by atoms with van der Waals surface area (Å²) in [5.41, 5.74) is 0. The van der Waals surface area contributed by atoms with Crippen molar-refractivity contribution in [1.29, 1.82) is 0 Å². The van der Waals surface area contributed by atoms with E-state index >= 15 is 0 Å². The molecule has 0 bridgehead atoms. The van der Waals surface area contributed by atoms with Crippen molar-refractivity contribution in [3.8, 4) is 0 Å². The van der Waals surface area contributed by atoms with Crippen LogP contribution in [-0.4, -0.2) is 5.02 Å². The Morgan fingerprint density at radius 1 is 1.67 bits per heavy atom. The van der Waals surface area contributed by atoms with Crippen LogP contribution in [-0.2, 0) is 16.3 Å². The van der Waals surface area contributed by atoms with Gasteiger partial charge < -0.3 is 0 Å². The minimum Gasteiger partial charge on any atom is -0.282 e. The molecule has 0 N–H and O–H groups in total. The second-order valence-corrected chi connectivity index (χ2v) is 2.26. The highest BCUT2D eigenvalue weighted by Gasteiger charge is 1.90. The van der Waals surface area contributed by atoms with E-state index in [2.05, 4.69) is 16.3 Å². The maximum absolute atomic E-state index is 5.05. The van der Waals surface area contributed by atoms with Gasteiger partial charge in [0.1, 0.15) is 7.58 Å². The summed E-state index contributed by atoms with van der Waals surface area (Å²) < 4.78 is 4.36. The van der Waals surface area contributed by atoms with Crippen LogP contribution in [0.3, 0.4) is 0 Å². The van der Waals surface area contributed by atoms with Gasteiger partial charge in [0.05, 0.1) is 0 Å². The molecule has 0 saturated heterocycles. The van der Waals surface area contributed by atoms with E-state index in [1.54, 1.807) is 0 Å². The lowest BCUT2D eigenvalue weighted by atomic mass is 11.7. The van der Waals surface area contributed by atoms with Gasteiger partial charge in [-0.3, -0.25) is 4.52 Å². The van der Waals surface area contributed by atoms with Crippen molar-refractivity contribution in [1.82, 2.24) is 0 Å². The molecular weight excluding hydrogens is 162 g/mol. The van der Waals surface area contributed by atoms with Crippen molar-refractivity contribution in [3.63, 3.8) is 0 Å². The molecule has 0 fully saturated rings. The van der Waals surface area contributed by atoms with Crippen LogP contribution in [0, 0.1) is 0 Å². The summed E-state index contributed by atoms with van der Waals surface area (Å²) in [6.07, 6.45) is 0. The molecule has 36 valence electrons. The summed E-state index contributed by atoms with van der Waals surface area (Å²) in [7, 11) is 0.343. The van der Waals surface area contributed by atoms with E-state index in [9.17, 15) is 0 Å². The normalized spacial score (nSPS) is 10.5.